The van der Waals surface area contributed by atoms with E-state index >= 15 is 0 Å². The molecule has 5 rings (SSSR count). The molecule has 0 saturated heterocycles. The molecule has 2 fully saturated rings. The maximum absolute atomic E-state index is 14.9. The van der Waals surface area contributed by atoms with Gasteiger partial charge in [0, 0.05) is 33.6 Å². The van der Waals surface area contributed by atoms with Crippen LogP contribution in [0.4, 0.5) is 0 Å². The molecule has 0 unspecified atom stereocenters. The van der Waals surface area contributed by atoms with Gasteiger partial charge in [-0.25, -0.2) is 0 Å². The van der Waals surface area contributed by atoms with Crippen molar-refractivity contribution in [2.75, 3.05) is 34.4 Å². The highest BCUT2D eigenvalue weighted by Crippen LogP contribution is 2.56. The topological polar surface area (TPSA) is 111 Å². The zero-order valence-corrected chi connectivity index (χ0v) is 38.2. The summed E-state index contributed by atoms with van der Waals surface area (Å²) >= 11 is 0. The van der Waals surface area contributed by atoms with Crippen molar-refractivity contribution in [2.24, 2.45) is 23.2 Å². The number of aliphatic hydroxyl groups is 1. The summed E-state index contributed by atoms with van der Waals surface area (Å²) in [7, 11) is 1.88. The van der Waals surface area contributed by atoms with Crippen LogP contribution in [0.25, 0.3) is 0 Å². The molecule has 0 spiro atoms. The number of ether oxygens (including phenoxy) is 8. The van der Waals surface area contributed by atoms with Gasteiger partial charge < -0.3 is 43.0 Å². The molecule has 0 aliphatic heterocycles. The highest BCUT2D eigenvalue weighted by molar-refractivity contribution is 6.76. The molecule has 0 heterocycles. The highest BCUT2D eigenvalue weighted by Gasteiger charge is 2.63. The molecule has 2 aliphatic rings. The highest BCUT2D eigenvalue weighted by atomic mass is 28.3. The normalized spacial score (nSPS) is 25.8. The van der Waals surface area contributed by atoms with Crippen LogP contribution in [0.2, 0.25) is 25.7 Å². The molecule has 1 N–H and O–H groups in total. The Morgan fingerprint density at radius 3 is 1.98 bits per heavy atom. The van der Waals surface area contributed by atoms with Crippen molar-refractivity contribution in [3.63, 3.8) is 0 Å². The standard InChI is InChI=1S/C49H70O10Si/c1-10-42(55-30-36-17-13-11-14-18-36)47(57-32-38-21-23-39(53-6)24-22-38)45(56-31-37-19-15-12-16-20-37)40-29-43(50)49(51)26-25-41(48(49,3)4)46(58-33-52-5)44(35(40)2)59-34-54-27-28-60(7,8)9/h10-24,35,40-42,44-47,51H,1,25-34H2,2-9H3/t35-,40+,41+,42+,44+,45-,46-,47-,49+/m1/s1. The second-order valence-corrected chi connectivity index (χ2v) is 23.9. The summed E-state index contributed by atoms with van der Waals surface area (Å²) in [6, 6.07) is 28.6. The van der Waals surface area contributed by atoms with Gasteiger partial charge in [-0.15, -0.1) is 6.58 Å². The lowest BCUT2D eigenvalue weighted by Gasteiger charge is -2.44. The number of Topliss-reactive ketones (excluding diaryl/α,β-unsaturated/α-hetero) is 1. The first-order valence-corrected chi connectivity index (χ1v) is 25.2. The number of methoxy groups -OCH3 is 2. The number of carbonyl (C=O) groups excluding carboxylic acids is 1. The van der Waals surface area contributed by atoms with Crippen molar-refractivity contribution in [2.45, 2.75) is 122 Å². The van der Waals surface area contributed by atoms with Gasteiger partial charge in [-0.3, -0.25) is 4.79 Å². The second kappa shape index (κ2) is 22.2. The smallest absolute Gasteiger partial charge is 0.165 e. The molecule has 0 radical (unpaired) electrons. The molecule has 2 bridgehead atoms. The van der Waals surface area contributed by atoms with Crippen LogP contribution in [0.15, 0.2) is 97.6 Å². The van der Waals surface area contributed by atoms with Crippen LogP contribution in [0.3, 0.4) is 0 Å². The minimum Gasteiger partial charge on any atom is -0.497 e. The third kappa shape index (κ3) is 12.2. The molecule has 0 amide bonds. The first-order valence-electron chi connectivity index (χ1n) is 21.5. The molecule has 0 aromatic heterocycles. The zero-order chi connectivity index (χ0) is 43.3. The molecule has 11 heteroatoms. The lowest BCUT2D eigenvalue weighted by molar-refractivity contribution is -0.215. The Hall–Kier alpha value is -3.23. The Bertz CT molecular complexity index is 1730. The number of rotatable bonds is 23. The van der Waals surface area contributed by atoms with E-state index in [0.29, 0.717) is 26.1 Å². The number of benzene rings is 3. The summed E-state index contributed by atoms with van der Waals surface area (Å²) in [5.74, 6) is -0.640. The van der Waals surface area contributed by atoms with Crippen molar-refractivity contribution in [3.05, 3.63) is 114 Å². The predicted octanol–water partition coefficient (Wildman–Crippen LogP) is 9.02. The molecule has 2 saturated carbocycles. The van der Waals surface area contributed by atoms with Gasteiger partial charge in [0.25, 0.3) is 0 Å². The summed E-state index contributed by atoms with van der Waals surface area (Å²) < 4.78 is 51.4. The Balaban J connectivity index is 1.62. The van der Waals surface area contributed by atoms with Crippen molar-refractivity contribution in [3.8, 4) is 5.75 Å². The summed E-state index contributed by atoms with van der Waals surface area (Å²) in [6.07, 6.45) is -0.652. The summed E-state index contributed by atoms with van der Waals surface area (Å²) in [4.78, 5) is 14.9. The van der Waals surface area contributed by atoms with Crippen molar-refractivity contribution in [1.82, 2.24) is 0 Å². The van der Waals surface area contributed by atoms with E-state index in [1.807, 2.05) is 98.8 Å². The van der Waals surface area contributed by atoms with E-state index in [-0.39, 0.29) is 50.8 Å². The third-order valence-electron chi connectivity index (χ3n) is 12.8. The van der Waals surface area contributed by atoms with E-state index in [9.17, 15) is 9.90 Å². The van der Waals surface area contributed by atoms with Crippen LogP contribution in [-0.2, 0) is 57.8 Å². The van der Waals surface area contributed by atoms with Gasteiger partial charge >= 0.3 is 0 Å². The maximum Gasteiger partial charge on any atom is 0.165 e. The Labute approximate surface area is 359 Å². The lowest BCUT2D eigenvalue weighted by atomic mass is 9.68. The van der Waals surface area contributed by atoms with Crippen LogP contribution < -0.4 is 4.74 Å². The fourth-order valence-electron chi connectivity index (χ4n) is 8.94. The van der Waals surface area contributed by atoms with Gasteiger partial charge in [-0.05, 0) is 65.5 Å². The van der Waals surface area contributed by atoms with Gasteiger partial charge in [0.2, 0.25) is 0 Å². The lowest BCUT2D eigenvalue weighted by Crippen LogP contribution is -2.53. The van der Waals surface area contributed by atoms with Crippen molar-refractivity contribution >= 4 is 13.9 Å². The average Bonchev–Trinajstić information content (AvgIpc) is 3.49. The van der Waals surface area contributed by atoms with Gasteiger partial charge in [-0.2, -0.15) is 0 Å². The van der Waals surface area contributed by atoms with Crippen LogP contribution in [0.1, 0.15) is 56.7 Å². The predicted molar refractivity (Wildman–Crippen MR) is 236 cm³/mol. The molecule has 60 heavy (non-hydrogen) atoms. The van der Waals surface area contributed by atoms with Crippen molar-refractivity contribution in [1.29, 1.82) is 0 Å². The van der Waals surface area contributed by atoms with Gasteiger partial charge in [0.1, 0.15) is 37.1 Å². The van der Waals surface area contributed by atoms with Crippen LogP contribution in [0, 0.1) is 23.2 Å². The second-order valence-electron chi connectivity index (χ2n) is 18.3. The van der Waals surface area contributed by atoms with Crippen LogP contribution in [-0.4, -0.2) is 89.5 Å². The Kier molecular flexibility index (Phi) is 17.7. The molecule has 2 aliphatic carbocycles. The average molecular weight is 847 g/mol. The van der Waals surface area contributed by atoms with Crippen LogP contribution in [0.5, 0.6) is 5.75 Å². The third-order valence-corrected chi connectivity index (χ3v) is 14.5. The number of hydrogen-bond donors (Lipinski definition) is 1. The summed E-state index contributed by atoms with van der Waals surface area (Å²) in [6.45, 7) is 18.7. The van der Waals surface area contributed by atoms with E-state index in [1.54, 1.807) is 20.3 Å². The van der Waals surface area contributed by atoms with E-state index in [0.717, 1.165) is 28.5 Å². The summed E-state index contributed by atoms with van der Waals surface area (Å²) in [5, 5.41) is 12.6. The first kappa shape index (κ1) is 47.8. The van der Waals surface area contributed by atoms with Crippen molar-refractivity contribution < 1.29 is 47.8 Å². The Morgan fingerprint density at radius 2 is 1.40 bits per heavy atom. The molecular formula is C49H70O10Si. The van der Waals surface area contributed by atoms with E-state index in [1.165, 1.54) is 0 Å². The van der Waals surface area contributed by atoms with E-state index in [4.69, 9.17) is 37.9 Å². The molecule has 3 aromatic rings. The number of hydrogen-bond acceptors (Lipinski definition) is 10. The molecule has 3 aromatic carbocycles. The van der Waals surface area contributed by atoms with E-state index < -0.39 is 55.5 Å². The van der Waals surface area contributed by atoms with Gasteiger partial charge in [0.15, 0.2) is 5.78 Å². The molecule has 330 valence electrons. The minimum absolute atomic E-state index is 0.00551. The first-order chi connectivity index (χ1) is 28.7. The quantitative estimate of drug-likeness (QED) is 0.0430. The van der Waals surface area contributed by atoms with Gasteiger partial charge in [-0.1, -0.05) is 119 Å². The largest absolute Gasteiger partial charge is 0.497 e. The van der Waals surface area contributed by atoms with E-state index in [2.05, 4.69) is 33.1 Å². The summed E-state index contributed by atoms with van der Waals surface area (Å²) in [5.41, 5.74) is 0.419. The molecule has 10 nitrogen and oxygen atoms in total. The maximum atomic E-state index is 14.9. The zero-order valence-electron chi connectivity index (χ0n) is 37.2. The number of fused-ring (bicyclic) bond motifs is 2. The van der Waals surface area contributed by atoms with Gasteiger partial charge in [0.05, 0.1) is 45.2 Å². The monoisotopic (exact) mass is 846 g/mol. The number of carbonyl (C=O) groups is 1. The fourth-order valence-corrected chi connectivity index (χ4v) is 9.69. The molecule has 9 atom stereocenters. The number of ketones is 1. The fraction of sp³-hybridized carbons (Fsp3) is 0.571. The Morgan fingerprint density at radius 1 is 0.817 bits per heavy atom. The molecular weight excluding hydrogens is 777 g/mol. The SMILES string of the molecule is C=C[C@H](OCc1ccccc1)[C@@H](OCc1ccc(OC)cc1)[C@H](OCc1ccccc1)[C@H]1CC(=O)[C@@]2(O)CC[C@@H]([C@@H](OCOC)[C@@H](OCOCC[Si](C)(C)C)[C@@H]1C)C2(C)C. The van der Waals surface area contributed by atoms with Crippen LogP contribution >= 0.6 is 0 Å². The minimum atomic E-state index is -1.61.